The Morgan fingerprint density at radius 1 is 0.266 bits per heavy atom. The lowest BCUT2D eigenvalue weighted by atomic mass is 9.61. The van der Waals surface area contributed by atoms with E-state index in [1.807, 2.05) is 0 Å². The van der Waals surface area contributed by atoms with Crippen molar-refractivity contribution < 1.29 is 4.74 Å². The lowest BCUT2D eigenvalue weighted by Crippen LogP contribution is -2.42. The third-order valence-electron chi connectivity index (χ3n) is 19.8. The van der Waals surface area contributed by atoms with Crippen LogP contribution in [0.4, 0.5) is 22.7 Å². The van der Waals surface area contributed by atoms with E-state index in [-0.39, 0.29) is 5.41 Å². The van der Waals surface area contributed by atoms with E-state index >= 15 is 0 Å². The molecule has 0 N–H and O–H groups in total. The van der Waals surface area contributed by atoms with E-state index in [0.717, 1.165) is 11.5 Å². The maximum Gasteiger partial charge on any atom is 0.132 e. The Morgan fingerprint density at radius 2 is 0.553 bits per heavy atom. The van der Waals surface area contributed by atoms with Crippen molar-refractivity contribution in [2.24, 2.45) is 0 Å². The Bertz CT molecular complexity index is 5090. The maximum atomic E-state index is 6.40. The van der Waals surface area contributed by atoms with Crippen molar-refractivity contribution >= 4 is 88.2 Å². The molecule has 0 saturated heterocycles. The minimum absolute atomic E-state index is 0.0680. The van der Waals surface area contributed by atoms with Gasteiger partial charge in [0.25, 0.3) is 0 Å². The van der Waals surface area contributed by atoms with Gasteiger partial charge in [0.2, 0.25) is 0 Å². The van der Waals surface area contributed by atoms with Crippen LogP contribution in [0.3, 0.4) is 0 Å². The number of para-hydroxylation sites is 11. The molecule has 0 unspecified atom stereocenters. The monoisotopic (exact) mass is 1220 g/mol. The highest BCUT2D eigenvalue weighted by Crippen LogP contribution is 2.62. The Morgan fingerprint density at radius 3 is 0.936 bits per heavy atom. The topological polar surface area (TPSA) is 30.5 Å². The molecule has 12 aromatic carbocycles. The van der Waals surface area contributed by atoms with Crippen LogP contribution in [0.1, 0.15) is 115 Å². The molecule has 3 aliphatic rings. The second kappa shape index (κ2) is 23.8. The van der Waals surface area contributed by atoms with Gasteiger partial charge in [-0.2, -0.15) is 0 Å². The Balaban J connectivity index is 0.000000107. The second-order valence-electron chi connectivity index (χ2n) is 27.0. The van der Waals surface area contributed by atoms with Gasteiger partial charge < -0.3 is 28.2 Å². The molecule has 0 amide bonds. The Labute approximate surface area is 553 Å². The fraction of sp³-hybridized carbons (Fsp3) is 0.182. The SMILES string of the molecule is CC(C)N1c2ccccc2C(C)(C)c2ccccc21.CC(C)N1c2ccccc2C2(c3ccccc3Oc3ccccc32)c2ccccc21.CC(C)n1c2ccccc2c2cc(-n3c4ccccc4c4ccccc43)ccc21.CC(C)n1c2ccccc2c2ccccc21. The van der Waals surface area contributed by atoms with Gasteiger partial charge in [0.05, 0.1) is 16.4 Å². The average Bonchev–Trinajstić information content (AvgIpc) is 1.04. The normalized spacial score (nSPS) is 13.8. The molecule has 1 spiro atoms. The number of nitrogens with zero attached hydrogens (tertiary/aromatic N) is 5. The molecule has 3 aromatic heterocycles. The first-order chi connectivity index (χ1) is 45.8. The molecule has 0 aliphatic carbocycles. The number of benzene rings is 12. The molecule has 0 fully saturated rings. The highest BCUT2D eigenvalue weighted by molar-refractivity contribution is 6.12. The first kappa shape index (κ1) is 59.7. The van der Waals surface area contributed by atoms with Crippen LogP contribution in [0.2, 0.25) is 0 Å². The van der Waals surface area contributed by atoms with E-state index in [4.69, 9.17) is 4.74 Å². The van der Waals surface area contributed by atoms with Crippen LogP contribution < -0.4 is 14.5 Å². The van der Waals surface area contributed by atoms with Crippen LogP contribution in [0.25, 0.3) is 71.1 Å². The summed E-state index contributed by atoms with van der Waals surface area (Å²) < 4.78 is 13.6. The molecule has 0 atom stereocenters. The molecule has 6 heteroatoms. The molecule has 6 nitrogen and oxygen atoms in total. The molecule has 15 aromatic rings. The van der Waals surface area contributed by atoms with Crippen molar-refractivity contribution in [3.05, 3.63) is 318 Å². The van der Waals surface area contributed by atoms with Crippen molar-refractivity contribution in [1.82, 2.24) is 13.7 Å². The molecule has 0 radical (unpaired) electrons. The first-order valence-corrected chi connectivity index (χ1v) is 33.6. The van der Waals surface area contributed by atoms with Crippen molar-refractivity contribution in [3.8, 4) is 17.2 Å². The van der Waals surface area contributed by atoms with Crippen LogP contribution in [-0.4, -0.2) is 25.8 Å². The van der Waals surface area contributed by atoms with E-state index in [0.29, 0.717) is 24.2 Å². The molecular formula is C88H81N5O. The van der Waals surface area contributed by atoms with E-state index in [9.17, 15) is 0 Å². The van der Waals surface area contributed by atoms with Gasteiger partial charge in [0.1, 0.15) is 11.5 Å². The summed E-state index contributed by atoms with van der Waals surface area (Å²) in [7, 11) is 0. The molecule has 0 saturated carbocycles. The fourth-order valence-electron chi connectivity index (χ4n) is 16.1. The first-order valence-electron chi connectivity index (χ1n) is 33.6. The Kier molecular flexibility index (Phi) is 15.1. The second-order valence-corrected chi connectivity index (χ2v) is 27.0. The summed E-state index contributed by atoms with van der Waals surface area (Å²) in [5.41, 5.74) is 21.7. The third kappa shape index (κ3) is 9.51. The van der Waals surface area contributed by atoms with Gasteiger partial charge in [-0.1, -0.05) is 214 Å². The molecule has 6 heterocycles. The summed E-state index contributed by atoms with van der Waals surface area (Å²) in [5, 5.41) is 7.94. The molecule has 464 valence electrons. The van der Waals surface area contributed by atoms with Crippen LogP contribution in [0.15, 0.2) is 285 Å². The third-order valence-corrected chi connectivity index (χ3v) is 19.8. The quantitative estimate of drug-likeness (QED) is 0.172. The summed E-state index contributed by atoms with van der Waals surface area (Å²) in [6.45, 7) is 22.7. The maximum absolute atomic E-state index is 6.40. The molecule has 0 bridgehead atoms. The summed E-state index contributed by atoms with van der Waals surface area (Å²) >= 11 is 0. The van der Waals surface area contributed by atoms with E-state index in [1.54, 1.807) is 0 Å². The molecular weight excluding hydrogens is 1140 g/mol. The van der Waals surface area contributed by atoms with Gasteiger partial charge in [-0.3, -0.25) is 0 Å². The van der Waals surface area contributed by atoms with Gasteiger partial charge >= 0.3 is 0 Å². The van der Waals surface area contributed by atoms with E-state index in [2.05, 4.69) is 378 Å². The number of anilines is 4. The number of hydrogen-bond donors (Lipinski definition) is 0. The number of fused-ring (bicyclic) bond motifs is 19. The Hall–Kier alpha value is -10.6. The largest absolute Gasteiger partial charge is 0.457 e. The van der Waals surface area contributed by atoms with Crippen molar-refractivity contribution in [2.45, 2.75) is 104 Å². The van der Waals surface area contributed by atoms with Gasteiger partial charge in [0, 0.05) is 124 Å². The van der Waals surface area contributed by atoms with Crippen molar-refractivity contribution in [1.29, 1.82) is 0 Å². The summed E-state index contributed by atoms with van der Waals surface area (Å²) in [6, 6.07) is 104. The van der Waals surface area contributed by atoms with Crippen LogP contribution in [0.5, 0.6) is 11.5 Å². The zero-order chi connectivity index (χ0) is 64.6. The smallest absolute Gasteiger partial charge is 0.132 e. The highest BCUT2D eigenvalue weighted by atomic mass is 16.5. The highest BCUT2D eigenvalue weighted by Gasteiger charge is 2.51. The van der Waals surface area contributed by atoms with Crippen LogP contribution >= 0.6 is 0 Å². The van der Waals surface area contributed by atoms with Gasteiger partial charge in [-0.05, 0) is 163 Å². The van der Waals surface area contributed by atoms with Gasteiger partial charge in [-0.25, -0.2) is 0 Å². The van der Waals surface area contributed by atoms with E-state index < -0.39 is 5.41 Å². The zero-order valence-electron chi connectivity index (χ0n) is 55.6. The lowest BCUT2D eigenvalue weighted by molar-refractivity contribution is 0.433. The molecule has 94 heavy (non-hydrogen) atoms. The number of rotatable bonds is 5. The lowest BCUT2D eigenvalue weighted by Gasteiger charge is -2.49. The molecule has 3 aliphatic heterocycles. The van der Waals surface area contributed by atoms with Crippen LogP contribution in [-0.2, 0) is 10.8 Å². The molecule has 18 rings (SSSR count). The average molecular weight is 1220 g/mol. The summed E-state index contributed by atoms with van der Waals surface area (Å²) in [4.78, 5) is 4.92. The fourth-order valence-corrected chi connectivity index (χ4v) is 16.1. The minimum Gasteiger partial charge on any atom is -0.457 e. The predicted octanol–water partition coefficient (Wildman–Crippen LogP) is 23.8. The van der Waals surface area contributed by atoms with Crippen LogP contribution in [0, 0.1) is 0 Å². The minimum atomic E-state index is -0.413. The standard InChI is InChI=1S/C28H23NO.C27H22N2.C18H21N.C15H15N/c1-19(2)29-24-15-7-3-11-20(24)28(21-12-4-8-16-25(21)29)22-13-5-9-17-26(22)30-27-18-10-6-14-23(27)28;1-18(2)28-24-12-6-5-11-22(24)23-17-19(15-16-27(23)28)29-25-13-7-3-9-20(25)21-10-4-8-14-26(21)29;1-13(2)19-16-11-7-5-9-14(16)18(3,4)15-10-6-8-12-17(15)19;1-11(2)16-14-9-5-3-7-12(14)13-8-4-6-10-15(13)16/h3-19H,1-2H3;3-18H,1-2H3;5-13H,1-4H3;3-11H,1-2H3. The number of hydrogen-bond acceptors (Lipinski definition) is 3. The van der Waals surface area contributed by atoms with Crippen molar-refractivity contribution in [2.75, 3.05) is 9.80 Å². The summed E-state index contributed by atoms with van der Waals surface area (Å²) in [5.74, 6) is 1.86. The summed E-state index contributed by atoms with van der Waals surface area (Å²) in [6.07, 6.45) is 0. The van der Waals surface area contributed by atoms with Crippen molar-refractivity contribution in [3.63, 3.8) is 0 Å². The van der Waals surface area contributed by atoms with Gasteiger partial charge in [-0.15, -0.1) is 0 Å². The zero-order valence-corrected chi connectivity index (χ0v) is 55.6. The number of aromatic nitrogens is 3. The number of ether oxygens (including phenoxy) is 1. The van der Waals surface area contributed by atoms with Gasteiger partial charge in [0.15, 0.2) is 0 Å². The predicted molar refractivity (Wildman–Crippen MR) is 398 cm³/mol. The van der Waals surface area contributed by atoms with E-state index in [1.165, 1.54) is 127 Å².